The fourth-order valence-corrected chi connectivity index (χ4v) is 5.94. The predicted octanol–water partition coefficient (Wildman–Crippen LogP) is 7.40. The van der Waals surface area contributed by atoms with Gasteiger partial charge < -0.3 is 9.84 Å². The number of carbonyl (C=O) groups is 1. The molecule has 1 aliphatic heterocycles. The molecule has 1 aliphatic carbocycles. The number of alkyl halides is 3. The summed E-state index contributed by atoms with van der Waals surface area (Å²) in [6, 6.07) is 10.5. The molecule has 1 saturated heterocycles. The Morgan fingerprint density at radius 2 is 1.47 bits per heavy atom. The van der Waals surface area contributed by atoms with Gasteiger partial charge in [0.1, 0.15) is 11.3 Å². The summed E-state index contributed by atoms with van der Waals surface area (Å²) in [7, 11) is 0. The highest BCUT2D eigenvalue weighted by atomic mass is 19.4. The Labute approximate surface area is 211 Å². The van der Waals surface area contributed by atoms with Crippen LogP contribution in [0, 0.1) is 17.3 Å². The summed E-state index contributed by atoms with van der Waals surface area (Å²) in [5.74, 6) is -0.0689. The fourth-order valence-electron chi connectivity index (χ4n) is 5.94. The summed E-state index contributed by atoms with van der Waals surface area (Å²) in [6.45, 7) is 8.26. The topological polar surface area (TPSA) is 49.8 Å². The number of aliphatic carboxylic acids is 1. The van der Waals surface area contributed by atoms with E-state index in [-0.39, 0.29) is 37.6 Å². The van der Waals surface area contributed by atoms with E-state index in [1.807, 2.05) is 18.2 Å². The van der Waals surface area contributed by atoms with Crippen LogP contribution in [-0.4, -0.2) is 41.3 Å². The van der Waals surface area contributed by atoms with Gasteiger partial charge in [0.25, 0.3) is 0 Å². The first-order valence-corrected chi connectivity index (χ1v) is 13.0. The zero-order valence-corrected chi connectivity index (χ0v) is 21.7. The number of carboxylic acids is 1. The molecule has 2 aromatic carbocycles. The van der Waals surface area contributed by atoms with Gasteiger partial charge in [0, 0.05) is 13.1 Å². The minimum absolute atomic E-state index is 0.0925. The van der Waals surface area contributed by atoms with Crippen molar-refractivity contribution in [2.45, 2.75) is 84.0 Å². The molecular formula is C29H38F3NO3. The van der Waals surface area contributed by atoms with Gasteiger partial charge in [-0.3, -0.25) is 9.69 Å². The Balaban J connectivity index is 1.52. The first kappa shape index (κ1) is 26.8. The number of hydrogen-bond acceptors (Lipinski definition) is 3. The van der Waals surface area contributed by atoms with Crippen LogP contribution in [0.15, 0.2) is 36.4 Å². The zero-order valence-electron chi connectivity index (χ0n) is 21.7. The van der Waals surface area contributed by atoms with E-state index in [9.17, 15) is 23.1 Å². The lowest BCUT2D eigenvalue weighted by Gasteiger charge is -2.45. The van der Waals surface area contributed by atoms with Gasteiger partial charge in [0.2, 0.25) is 0 Å². The van der Waals surface area contributed by atoms with Crippen molar-refractivity contribution in [1.82, 2.24) is 4.90 Å². The molecule has 1 heterocycles. The molecule has 7 heteroatoms. The minimum atomic E-state index is -4.51. The second-order valence-electron chi connectivity index (χ2n) is 11.9. The Hall–Kier alpha value is -2.28. The highest BCUT2D eigenvalue weighted by molar-refractivity contribution is 5.84. The van der Waals surface area contributed by atoms with Crippen LogP contribution in [0.3, 0.4) is 0 Å². The molecule has 0 aromatic heterocycles. The van der Waals surface area contributed by atoms with Gasteiger partial charge >= 0.3 is 12.1 Å². The number of rotatable bonds is 5. The molecule has 4 rings (SSSR count). The lowest BCUT2D eigenvalue weighted by molar-refractivity contribution is -0.235. The first-order chi connectivity index (χ1) is 16.8. The monoisotopic (exact) mass is 505 g/mol. The molecule has 1 saturated carbocycles. The van der Waals surface area contributed by atoms with E-state index in [1.54, 1.807) is 18.2 Å². The van der Waals surface area contributed by atoms with Crippen molar-refractivity contribution in [1.29, 1.82) is 0 Å². The van der Waals surface area contributed by atoms with Crippen LogP contribution in [0.1, 0.15) is 71.8 Å². The van der Waals surface area contributed by atoms with Crippen molar-refractivity contribution < 1.29 is 27.8 Å². The quantitative estimate of drug-likeness (QED) is 0.460. The highest BCUT2D eigenvalue weighted by Crippen LogP contribution is 2.46. The summed E-state index contributed by atoms with van der Waals surface area (Å²) in [5, 5.41) is 10.8. The fraction of sp³-hybridized carbons (Fsp3) is 0.621. The SMILES string of the molecule is CC(C)(C)C1CCC(Oc2ccc3cc(C(C)(N4CCC(C(=O)O)CC4)C(F)(F)F)ccc3c2)CC1. The number of halogens is 3. The molecule has 1 unspecified atom stereocenters. The Kier molecular flexibility index (Phi) is 7.35. The van der Waals surface area contributed by atoms with E-state index >= 15 is 0 Å². The van der Waals surface area contributed by atoms with Crippen LogP contribution in [0.2, 0.25) is 0 Å². The Morgan fingerprint density at radius 3 is 2.03 bits per heavy atom. The zero-order chi connectivity index (χ0) is 26.3. The van der Waals surface area contributed by atoms with E-state index in [2.05, 4.69) is 20.8 Å². The molecule has 2 aliphatic rings. The molecule has 0 spiro atoms. The lowest BCUT2D eigenvalue weighted by Crippen LogP contribution is -2.56. The minimum Gasteiger partial charge on any atom is -0.490 e. The standard InChI is InChI=1S/C29H38F3NO3/c1-27(2,3)22-8-11-24(12-9-22)36-25-10-6-20-17-23(7-5-21(20)18-25)28(4,29(30,31)32)33-15-13-19(14-16-33)26(34)35/h5-7,10,17-19,22,24H,8-9,11-16H2,1-4H3,(H,34,35). The van der Waals surface area contributed by atoms with Crippen LogP contribution in [0.25, 0.3) is 10.8 Å². The smallest absolute Gasteiger partial charge is 0.410 e. The molecule has 0 amide bonds. The van der Waals surface area contributed by atoms with Gasteiger partial charge in [-0.25, -0.2) is 0 Å². The Bertz CT molecular complexity index is 1080. The van der Waals surface area contributed by atoms with Crippen LogP contribution in [-0.2, 0) is 10.3 Å². The van der Waals surface area contributed by atoms with Gasteiger partial charge in [-0.1, -0.05) is 39.0 Å². The van der Waals surface area contributed by atoms with E-state index < -0.39 is 23.6 Å². The summed E-state index contributed by atoms with van der Waals surface area (Å²) in [6.07, 6.45) is 0.409. The van der Waals surface area contributed by atoms with Crippen LogP contribution < -0.4 is 4.74 Å². The molecule has 0 radical (unpaired) electrons. The van der Waals surface area contributed by atoms with Crippen molar-refractivity contribution in [2.24, 2.45) is 17.3 Å². The van der Waals surface area contributed by atoms with Crippen molar-refractivity contribution >= 4 is 16.7 Å². The molecular weight excluding hydrogens is 467 g/mol. The normalized spacial score (nSPS) is 24.4. The average molecular weight is 506 g/mol. The number of likely N-dealkylation sites (tertiary alicyclic amines) is 1. The molecule has 4 nitrogen and oxygen atoms in total. The first-order valence-electron chi connectivity index (χ1n) is 13.0. The third kappa shape index (κ3) is 5.36. The molecule has 2 aromatic rings. The number of carboxylic acid groups (broad SMARTS) is 1. The number of ether oxygens (including phenoxy) is 1. The third-order valence-corrected chi connectivity index (χ3v) is 8.60. The molecule has 198 valence electrons. The molecule has 0 bridgehead atoms. The van der Waals surface area contributed by atoms with E-state index in [0.717, 1.165) is 42.2 Å². The second-order valence-corrected chi connectivity index (χ2v) is 11.9. The van der Waals surface area contributed by atoms with Crippen LogP contribution in [0.5, 0.6) is 5.75 Å². The van der Waals surface area contributed by atoms with Crippen molar-refractivity contribution in [3.05, 3.63) is 42.0 Å². The van der Waals surface area contributed by atoms with Crippen molar-refractivity contribution in [2.75, 3.05) is 13.1 Å². The predicted molar refractivity (Wildman–Crippen MR) is 135 cm³/mol. The average Bonchev–Trinajstić information content (AvgIpc) is 2.82. The van der Waals surface area contributed by atoms with Crippen molar-refractivity contribution in [3.63, 3.8) is 0 Å². The van der Waals surface area contributed by atoms with E-state index in [1.165, 1.54) is 11.8 Å². The molecule has 1 N–H and O–H groups in total. The van der Waals surface area contributed by atoms with E-state index in [4.69, 9.17) is 4.74 Å². The Morgan fingerprint density at radius 1 is 0.889 bits per heavy atom. The summed E-state index contributed by atoms with van der Waals surface area (Å²) in [4.78, 5) is 12.7. The summed E-state index contributed by atoms with van der Waals surface area (Å²) >= 11 is 0. The number of hydrogen-bond donors (Lipinski definition) is 1. The van der Waals surface area contributed by atoms with Gasteiger partial charge in [-0.15, -0.1) is 0 Å². The number of nitrogens with zero attached hydrogens (tertiary/aromatic N) is 1. The van der Waals surface area contributed by atoms with Gasteiger partial charge in [-0.2, -0.15) is 13.2 Å². The van der Waals surface area contributed by atoms with Crippen LogP contribution in [0.4, 0.5) is 13.2 Å². The maximum Gasteiger partial charge on any atom is 0.410 e. The number of benzene rings is 2. The largest absolute Gasteiger partial charge is 0.490 e. The maximum absolute atomic E-state index is 14.5. The maximum atomic E-state index is 14.5. The van der Waals surface area contributed by atoms with Crippen molar-refractivity contribution in [3.8, 4) is 5.75 Å². The van der Waals surface area contributed by atoms with Gasteiger partial charge in [0.05, 0.1) is 12.0 Å². The second kappa shape index (κ2) is 9.88. The molecule has 1 atom stereocenters. The highest BCUT2D eigenvalue weighted by Gasteiger charge is 2.56. The molecule has 36 heavy (non-hydrogen) atoms. The molecule has 2 fully saturated rings. The lowest BCUT2D eigenvalue weighted by atomic mass is 9.72. The summed E-state index contributed by atoms with van der Waals surface area (Å²) < 4.78 is 49.7. The third-order valence-electron chi connectivity index (χ3n) is 8.60. The van der Waals surface area contributed by atoms with Gasteiger partial charge in [-0.05, 0) is 91.3 Å². The van der Waals surface area contributed by atoms with E-state index in [0.29, 0.717) is 11.3 Å². The number of piperidine rings is 1. The van der Waals surface area contributed by atoms with Gasteiger partial charge in [0.15, 0.2) is 0 Å². The number of fused-ring (bicyclic) bond motifs is 1. The van der Waals surface area contributed by atoms with Crippen LogP contribution >= 0.6 is 0 Å². The summed E-state index contributed by atoms with van der Waals surface area (Å²) in [5.41, 5.74) is -1.71.